The zero-order valence-corrected chi connectivity index (χ0v) is 8.26. The van der Waals surface area contributed by atoms with Crippen LogP contribution in [-0.2, 0) is 0 Å². The summed E-state index contributed by atoms with van der Waals surface area (Å²) < 4.78 is 8.79. The van der Waals surface area contributed by atoms with Gasteiger partial charge in [0.2, 0.25) is 0 Å². The van der Waals surface area contributed by atoms with Gasteiger partial charge in [-0.15, -0.1) is 0 Å². The third-order valence-electron chi connectivity index (χ3n) is 2.02. The van der Waals surface area contributed by atoms with Gasteiger partial charge in [0.25, 0.3) is 5.89 Å². The van der Waals surface area contributed by atoms with Crippen molar-refractivity contribution in [2.24, 2.45) is 0 Å². The van der Waals surface area contributed by atoms with Gasteiger partial charge < -0.3 is 9.52 Å². The summed E-state index contributed by atoms with van der Waals surface area (Å²) in [6.45, 7) is 1.38. The van der Waals surface area contributed by atoms with Crippen molar-refractivity contribution in [3.8, 4) is 17.2 Å². The molecule has 0 saturated carbocycles. The van der Waals surface area contributed by atoms with Crippen LogP contribution < -0.4 is 5.82 Å². The summed E-state index contributed by atoms with van der Waals surface area (Å²) in [4.78, 5) is 21.8. The Morgan fingerprint density at radius 1 is 1.44 bits per heavy atom. The van der Waals surface area contributed by atoms with Gasteiger partial charge in [0, 0.05) is 5.56 Å². The minimum atomic E-state index is -0.970. The van der Waals surface area contributed by atoms with Gasteiger partial charge in [0.15, 0.2) is 5.78 Å². The maximum atomic E-state index is 11.1. The normalized spacial score (nSPS) is 10.3. The molecule has 0 spiro atoms. The fraction of sp³-hybridized carbons (Fsp3) is 0.100. The number of aromatic hydroxyl groups is 1. The van der Waals surface area contributed by atoms with E-state index >= 15 is 0 Å². The SMILES string of the molecule is CC(=O)c1ccc(O)c(-c2noc(=O)o2)c1. The summed E-state index contributed by atoms with van der Waals surface area (Å²) in [6, 6.07) is 4.15. The Kier molecular flexibility index (Phi) is 2.32. The highest BCUT2D eigenvalue weighted by molar-refractivity contribution is 5.95. The summed E-state index contributed by atoms with van der Waals surface area (Å²) >= 11 is 0. The van der Waals surface area contributed by atoms with E-state index in [4.69, 9.17) is 0 Å². The molecule has 2 aromatic rings. The molecular weight excluding hydrogens is 214 g/mol. The van der Waals surface area contributed by atoms with Gasteiger partial charge in [0.05, 0.1) is 5.56 Å². The zero-order chi connectivity index (χ0) is 11.7. The molecule has 0 radical (unpaired) electrons. The third-order valence-corrected chi connectivity index (χ3v) is 2.02. The molecule has 0 aliphatic carbocycles. The van der Waals surface area contributed by atoms with E-state index in [0.29, 0.717) is 5.56 Å². The Bertz CT molecular complexity index is 595. The summed E-state index contributed by atoms with van der Waals surface area (Å²) in [7, 11) is 0. The third kappa shape index (κ3) is 1.72. The van der Waals surface area contributed by atoms with E-state index in [1.807, 2.05) is 0 Å². The van der Waals surface area contributed by atoms with Gasteiger partial charge >= 0.3 is 5.82 Å². The number of benzene rings is 1. The highest BCUT2D eigenvalue weighted by Gasteiger charge is 2.14. The van der Waals surface area contributed by atoms with Crippen molar-refractivity contribution in [2.75, 3.05) is 0 Å². The van der Waals surface area contributed by atoms with Gasteiger partial charge in [0.1, 0.15) is 5.75 Å². The van der Waals surface area contributed by atoms with Gasteiger partial charge in [-0.3, -0.25) is 9.32 Å². The van der Waals surface area contributed by atoms with Crippen LogP contribution in [0, 0.1) is 0 Å². The molecule has 0 unspecified atom stereocenters. The van der Waals surface area contributed by atoms with Crippen molar-refractivity contribution >= 4 is 5.78 Å². The lowest BCUT2D eigenvalue weighted by Crippen LogP contribution is -1.92. The van der Waals surface area contributed by atoms with Crippen molar-refractivity contribution < 1.29 is 18.8 Å². The highest BCUT2D eigenvalue weighted by Crippen LogP contribution is 2.27. The van der Waals surface area contributed by atoms with Gasteiger partial charge in [-0.25, -0.2) is 4.79 Å². The zero-order valence-electron chi connectivity index (χ0n) is 8.26. The molecule has 2 rings (SSSR count). The van der Waals surface area contributed by atoms with E-state index in [0.717, 1.165) is 0 Å². The molecule has 16 heavy (non-hydrogen) atoms. The van der Waals surface area contributed by atoms with E-state index in [9.17, 15) is 14.7 Å². The lowest BCUT2D eigenvalue weighted by Gasteiger charge is -2.00. The second-order valence-corrected chi connectivity index (χ2v) is 3.13. The molecule has 1 aromatic heterocycles. The first-order valence-corrected chi connectivity index (χ1v) is 4.39. The average molecular weight is 221 g/mol. The Balaban J connectivity index is 2.59. The maximum Gasteiger partial charge on any atom is 0.542 e. The molecule has 6 nitrogen and oxygen atoms in total. The lowest BCUT2D eigenvalue weighted by molar-refractivity contribution is 0.101. The van der Waals surface area contributed by atoms with E-state index in [-0.39, 0.29) is 23.0 Å². The van der Waals surface area contributed by atoms with Crippen molar-refractivity contribution in [1.29, 1.82) is 0 Å². The molecule has 0 amide bonds. The number of carbonyl (C=O) groups is 1. The molecule has 82 valence electrons. The molecule has 0 bridgehead atoms. The fourth-order valence-electron chi connectivity index (χ4n) is 1.23. The monoisotopic (exact) mass is 221 g/mol. The molecule has 1 heterocycles. The second-order valence-electron chi connectivity index (χ2n) is 3.13. The largest absolute Gasteiger partial charge is 0.542 e. The predicted octanol–water partition coefficient (Wildman–Crippen LogP) is 1.20. The molecule has 1 N–H and O–H groups in total. The average Bonchev–Trinajstić information content (AvgIpc) is 2.65. The highest BCUT2D eigenvalue weighted by atomic mass is 16.6. The van der Waals surface area contributed by atoms with E-state index in [2.05, 4.69) is 14.1 Å². The first-order chi connectivity index (χ1) is 7.58. The molecule has 6 heteroatoms. The number of Topliss-reactive ketones (excluding diaryl/α,β-unsaturated/α-hetero) is 1. The van der Waals surface area contributed by atoms with E-state index < -0.39 is 5.82 Å². The fourth-order valence-corrected chi connectivity index (χ4v) is 1.23. The molecule has 0 atom stereocenters. The van der Waals surface area contributed by atoms with Crippen LogP contribution in [0.5, 0.6) is 5.75 Å². The van der Waals surface area contributed by atoms with Crippen LogP contribution in [0.3, 0.4) is 0 Å². The summed E-state index contributed by atoms with van der Waals surface area (Å²) in [6.07, 6.45) is 0. The summed E-state index contributed by atoms with van der Waals surface area (Å²) in [5.41, 5.74) is 0.511. The predicted molar refractivity (Wildman–Crippen MR) is 52.1 cm³/mol. The Morgan fingerprint density at radius 3 is 2.75 bits per heavy atom. The molecule has 0 aliphatic rings. The molecular formula is C10H7NO5. The van der Waals surface area contributed by atoms with Gasteiger partial charge in [-0.05, 0) is 30.3 Å². The van der Waals surface area contributed by atoms with Crippen LogP contribution >= 0.6 is 0 Å². The van der Waals surface area contributed by atoms with Crippen molar-refractivity contribution in [3.63, 3.8) is 0 Å². The lowest BCUT2D eigenvalue weighted by atomic mass is 10.1. The minimum Gasteiger partial charge on any atom is -0.507 e. The Hall–Kier alpha value is -2.37. The smallest absolute Gasteiger partial charge is 0.507 e. The summed E-state index contributed by atoms with van der Waals surface area (Å²) in [5.74, 6) is -1.46. The Morgan fingerprint density at radius 2 is 2.19 bits per heavy atom. The number of ketones is 1. The topological polar surface area (TPSA) is 93.5 Å². The second kappa shape index (κ2) is 3.65. The number of rotatable bonds is 2. The van der Waals surface area contributed by atoms with Crippen LogP contribution in [0.4, 0.5) is 0 Å². The number of hydrogen-bond donors (Lipinski definition) is 1. The quantitative estimate of drug-likeness (QED) is 0.766. The van der Waals surface area contributed by atoms with Crippen molar-refractivity contribution in [2.45, 2.75) is 6.92 Å². The van der Waals surface area contributed by atoms with E-state index in [1.54, 1.807) is 0 Å². The number of hydrogen-bond acceptors (Lipinski definition) is 6. The van der Waals surface area contributed by atoms with Gasteiger partial charge in [-0.2, -0.15) is 0 Å². The van der Waals surface area contributed by atoms with Crippen molar-refractivity contribution in [3.05, 3.63) is 34.4 Å². The minimum absolute atomic E-state index is 0.138. The maximum absolute atomic E-state index is 11.1. The Labute approximate surface area is 89.1 Å². The van der Waals surface area contributed by atoms with Crippen LogP contribution in [0.1, 0.15) is 17.3 Å². The molecule has 1 aromatic carbocycles. The number of aromatic nitrogens is 1. The molecule has 0 aliphatic heterocycles. The first-order valence-electron chi connectivity index (χ1n) is 4.39. The molecule has 0 fully saturated rings. The van der Waals surface area contributed by atoms with Crippen LogP contribution in [0.15, 0.2) is 31.9 Å². The number of phenols is 1. The summed E-state index contributed by atoms with van der Waals surface area (Å²) in [5, 5.41) is 12.8. The van der Waals surface area contributed by atoms with Gasteiger partial charge in [-0.1, -0.05) is 0 Å². The molecule has 0 saturated heterocycles. The van der Waals surface area contributed by atoms with Crippen molar-refractivity contribution in [1.82, 2.24) is 5.16 Å². The number of phenolic OH excluding ortho intramolecular Hbond substituents is 1. The first kappa shape index (κ1) is 10.2. The standard InChI is InChI=1S/C10H7NO5/c1-5(12)6-2-3-8(13)7(4-6)9-11-16-10(14)15-9/h2-4,13H,1H3. The van der Waals surface area contributed by atoms with Crippen LogP contribution in [0.25, 0.3) is 11.5 Å². The number of nitrogens with zero attached hydrogens (tertiary/aromatic N) is 1. The number of carbonyl (C=O) groups excluding carboxylic acids is 1. The van der Waals surface area contributed by atoms with E-state index in [1.165, 1.54) is 25.1 Å². The van der Waals surface area contributed by atoms with Crippen LogP contribution in [-0.4, -0.2) is 16.0 Å². The van der Waals surface area contributed by atoms with Crippen LogP contribution in [0.2, 0.25) is 0 Å².